The van der Waals surface area contributed by atoms with Gasteiger partial charge in [-0.1, -0.05) is 11.6 Å². The number of carbonyl (C=O) groups is 1. The smallest absolute Gasteiger partial charge is 0.237 e. The summed E-state index contributed by atoms with van der Waals surface area (Å²) in [6.45, 7) is 0. The van der Waals surface area contributed by atoms with Crippen molar-refractivity contribution in [1.29, 1.82) is 0 Å². The highest BCUT2D eigenvalue weighted by atomic mass is 19.1. The Morgan fingerprint density at radius 2 is 1.90 bits per heavy atom. The maximum absolute atomic E-state index is 13.2. The average molecular weight is 278 g/mol. The van der Waals surface area contributed by atoms with Gasteiger partial charge >= 0.3 is 0 Å². The molecule has 0 saturated heterocycles. The average Bonchev–Trinajstić information content (AvgIpc) is 2.87. The van der Waals surface area contributed by atoms with E-state index in [0.717, 1.165) is 31.0 Å². The molecule has 3 rings (SSSR count). The van der Waals surface area contributed by atoms with Gasteiger partial charge < -0.3 is 4.52 Å². The molecule has 1 heterocycles. The second kappa shape index (κ2) is 5.11. The highest BCUT2D eigenvalue weighted by Gasteiger charge is 2.29. The Hall–Kier alpha value is -2.11. The van der Waals surface area contributed by atoms with Gasteiger partial charge in [0.25, 0.3) is 0 Å². The lowest BCUT2D eigenvalue weighted by atomic mass is 9.88. The quantitative estimate of drug-likeness (QED) is 0.846. The number of ketones is 1. The molecule has 0 spiro atoms. The van der Waals surface area contributed by atoms with Crippen molar-refractivity contribution in [2.24, 2.45) is 0 Å². The molecule has 1 aliphatic rings. The molecule has 1 saturated carbocycles. The first-order valence-electron chi connectivity index (χ1n) is 6.46. The zero-order chi connectivity index (χ0) is 14.1. The third kappa shape index (κ3) is 2.45. The van der Waals surface area contributed by atoms with Crippen molar-refractivity contribution < 1.29 is 18.1 Å². The highest BCUT2D eigenvalue weighted by molar-refractivity contribution is 5.85. The van der Waals surface area contributed by atoms with Crippen LogP contribution in [0.2, 0.25) is 0 Å². The molecule has 4 nitrogen and oxygen atoms in total. The van der Waals surface area contributed by atoms with Crippen molar-refractivity contribution in [3.8, 4) is 11.4 Å². The van der Waals surface area contributed by atoms with E-state index in [1.807, 2.05) is 0 Å². The normalized spacial score (nSPS) is 19.3. The maximum Gasteiger partial charge on any atom is 0.237 e. The summed E-state index contributed by atoms with van der Waals surface area (Å²) in [4.78, 5) is 15.9. The summed E-state index contributed by atoms with van der Waals surface area (Å²) in [5.41, 5.74) is 0.195. The first-order valence-corrected chi connectivity index (χ1v) is 6.46. The first kappa shape index (κ1) is 12.9. The summed E-state index contributed by atoms with van der Waals surface area (Å²) in [5.74, 6) is -1.40. The van der Waals surface area contributed by atoms with Gasteiger partial charge in [-0.3, -0.25) is 4.79 Å². The summed E-state index contributed by atoms with van der Waals surface area (Å²) in [7, 11) is 0. The van der Waals surface area contributed by atoms with Gasteiger partial charge in [-0.2, -0.15) is 4.98 Å². The molecule has 1 aromatic carbocycles. The largest absolute Gasteiger partial charge is 0.338 e. The molecule has 0 N–H and O–H groups in total. The van der Waals surface area contributed by atoms with Crippen LogP contribution < -0.4 is 0 Å². The number of aromatic nitrogens is 2. The van der Waals surface area contributed by atoms with Gasteiger partial charge in [-0.15, -0.1) is 0 Å². The Labute approximate surface area is 113 Å². The van der Waals surface area contributed by atoms with Gasteiger partial charge in [0, 0.05) is 18.1 Å². The summed E-state index contributed by atoms with van der Waals surface area (Å²) in [6, 6.07) is 3.02. The van der Waals surface area contributed by atoms with E-state index in [1.54, 1.807) is 0 Å². The van der Waals surface area contributed by atoms with Gasteiger partial charge in [0.1, 0.15) is 17.4 Å². The lowest BCUT2D eigenvalue weighted by Gasteiger charge is -2.16. The van der Waals surface area contributed by atoms with Crippen molar-refractivity contribution in [2.75, 3.05) is 0 Å². The number of rotatable bonds is 2. The Kier molecular flexibility index (Phi) is 3.30. The molecule has 0 amide bonds. The van der Waals surface area contributed by atoms with Crippen molar-refractivity contribution >= 4 is 5.78 Å². The first-order chi connectivity index (χ1) is 9.63. The van der Waals surface area contributed by atoms with E-state index >= 15 is 0 Å². The topological polar surface area (TPSA) is 56.0 Å². The van der Waals surface area contributed by atoms with E-state index < -0.39 is 11.6 Å². The Bertz CT molecular complexity index is 634. The fourth-order valence-electron chi connectivity index (χ4n) is 2.42. The standard InChI is InChI=1S/C14H12F2N2O2/c15-9-5-8(6-10(16)7-9)13-17-14(20-18-13)11-3-1-2-4-12(11)19/h5-7,11H,1-4H2. The zero-order valence-corrected chi connectivity index (χ0v) is 10.6. The SMILES string of the molecule is O=C1CCCCC1c1nc(-c2cc(F)cc(F)c2)no1. The molecule has 1 atom stereocenters. The van der Waals surface area contributed by atoms with Crippen LogP contribution >= 0.6 is 0 Å². The predicted molar refractivity (Wildman–Crippen MR) is 65.9 cm³/mol. The third-order valence-electron chi connectivity index (χ3n) is 3.42. The molecule has 1 aromatic heterocycles. The van der Waals surface area contributed by atoms with E-state index in [1.165, 1.54) is 0 Å². The van der Waals surface area contributed by atoms with E-state index in [9.17, 15) is 13.6 Å². The van der Waals surface area contributed by atoms with Crippen LogP contribution in [0.1, 0.15) is 37.5 Å². The summed E-state index contributed by atoms with van der Waals surface area (Å²) in [6.07, 6.45) is 3.00. The fraction of sp³-hybridized carbons (Fsp3) is 0.357. The van der Waals surface area contributed by atoms with Crippen LogP contribution in [0.15, 0.2) is 22.7 Å². The van der Waals surface area contributed by atoms with E-state index in [4.69, 9.17) is 4.52 Å². The summed E-state index contributed by atoms with van der Waals surface area (Å²) >= 11 is 0. The molecular formula is C14H12F2N2O2. The van der Waals surface area contributed by atoms with Crippen LogP contribution in [0.5, 0.6) is 0 Å². The predicted octanol–water partition coefficient (Wildman–Crippen LogP) is 3.24. The minimum Gasteiger partial charge on any atom is -0.338 e. The molecule has 1 aliphatic carbocycles. The van der Waals surface area contributed by atoms with Crippen molar-refractivity contribution in [3.63, 3.8) is 0 Å². The molecule has 6 heteroatoms. The fourth-order valence-corrected chi connectivity index (χ4v) is 2.42. The lowest BCUT2D eigenvalue weighted by Crippen LogP contribution is -2.17. The number of carbonyl (C=O) groups excluding carboxylic acids is 1. The zero-order valence-electron chi connectivity index (χ0n) is 10.6. The molecular weight excluding hydrogens is 266 g/mol. The third-order valence-corrected chi connectivity index (χ3v) is 3.42. The number of halogens is 2. The second-order valence-electron chi connectivity index (χ2n) is 4.88. The van der Waals surface area contributed by atoms with Gasteiger partial charge in [0.05, 0.1) is 5.92 Å². The van der Waals surface area contributed by atoms with Gasteiger partial charge in [-0.25, -0.2) is 8.78 Å². The number of hydrogen-bond donors (Lipinski definition) is 0. The van der Waals surface area contributed by atoms with E-state index in [2.05, 4.69) is 10.1 Å². The number of benzene rings is 1. The van der Waals surface area contributed by atoms with Gasteiger partial charge in [-0.05, 0) is 25.0 Å². The second-order valence-corrected chi connectivity index (χ2v) is 4.88. The number of nitrogens with zero attached hydrogens (tertiary/aromatic N) is 2. The van der Waals surface area contributed by atoms with Crippen LogP contribution in [-0.4, -0.2) is 15.9 Å². The number of hydrogen-bond acceptors (Lipinski definition) is 4. The summed E-state index contributed by atoms with van der Waals surface area (Å²) < 4.78 is 31.4. The van der Waals surface area contributed by atoms with E-state index in [0.29, 0.717) is 12.8 Å². The molecule has 1 unspecified atom stereocenters. The van der Waals surface area contributed by atoms with Crippen molar-refractivity contribution in [1.82, 2.24) is 10.1 Å². The minimum absolute atomic E-state index is 0.0804. The Morgan fingerprint density at radius 1 is 1.15 bits per heavy atom. The lowest BCUT2D eigenvalue weighted by molar-refractivity contribution is -0.122. The minimum atomic E-state index is -0.708. The Balaban J connectivity index is 1.91. The summed E-state index contributed by atoms with van der Waals surface area (Å²) in [5, 5.41) is 3.71. The monoisotopic (exact) mass is 278 g/mol. The highest BCUT2D eigenvalue weighted by Crippen LogP contribution is 2.30. The molecule has 0 aliphatic heterocycles. The van der Waals surface area contributed by atoms with Crippen LogP contribution in [0, 0.1) is 11.6 Å². The molecule has 104 valence electrons. The Morgan fingerprint density at radius 3 is 2.60 bits per heavy atom. The van der Waals surface area contributed by atoms with E-state index in [-0.39, 0.29) is 29.0 Å². The van der Waals surface area contributed by atoms with Gasteiger partial charge in [0.2, 0.25) is 11.7 Å². The molecule has 0 radical (unpaired) electrons. The van der Waals surface area contributed by atoms with Crippen LogP contribution in [0.25, 0.3) is 11.4 Å². The van der Waals surface area contributed by atoms with Gasteiger partial charge in [0.15, 0.2) is 0 Å². The van der Waals surface area contributed by atoms with Crippen molar-refractivity contribution in [3.05, 3.63) is 35.7 Å². The van der Waals surface area contributed by atoms with Crippen LogP contribution in [0.3, 0.4) is 0 Å². The molecule has 2 aromatic rings. The number of Topliss-reactive ketones (excluding diaryl/α,β-unsaturated/α-hetero) is 1. The molecule has 20 heavy (non-hydrogen) atoms. The van der Waals surface area contributed by atoms with Crippen molar-refractivity contribution in [2.45, 2.75) is 31.6 Å². The molecule has 0 bridgehead atoms. The van der Waals surface area contributed by atoms with Crippen LogP contribution in [0.4, 0.5) is 8.78 Å². The molecule has 1 fully saturated rings. The van der Waals surface area contributed by atoms with Crippen LogP contribution in [-0.2, 0) is 4.79 Å². The maximum atomic E-state index is 13.2.